The molecule has 1 aliphatic rings. The van der Waals surface area contributed by atoms with E-state index in [1.165, 1.54) is 11.7 Å². The number of amides is 3. The summed E-state index contributed by atoms with van der Waals surface area (Å²) in [6.45, 7) is 17.9. The molecule has 1 aromatic heterocycles. The number of rotatable bonds is 17. The number of likely N-dealkylation sites (N-methyl/N-ethyl adjacent to an activating group) is 1. The molecular formula is C58H71N5O8Si. The van der Waals surface area contributed by atoms with Crippen molar-refractivity contribution in [1.82, 2.24) is 14.4 Å². The highest BCUT2D eigenvalue weighted by molar-refractivity contribution is 6.99. The molecule has 1 N–H and O–H groups in total. The molecule has 0 saturated carbocycles. The van der Waals surface area contributed by atoms with E-state index in [4.69, 9.17) is 18.6 Å². The van der Waals surface area contributed by atoms with Crippen molar-refractivity contribution in [3.05, 3.63) is 144 Å². The number of aromatic nitrogens is 1. The van der Waals surface area contributed by atoms with Crippen molar-refractivity contribution < 1.29 is 37.8 Å². The lowest BCUT2D eigenvalue weighted by Crippen LogP contribution is -2.66. The lowest BCUT2D eigenvalue weighted by molar-refractivity contribution is -0.132. The fourth-order valence-corrected chi connectivity index (χ4v) is 14.0. The van der Waals surface area contributed by atoms with Crippen LogP contribution in [0.1, 0.15) is 99.1 Å². The molecule has 6 aromatic rings. The molecule has 0 atom stereocenters. The third-order valence-electron chi connectivity index (χ3n) is 13.2. The molecule has 5 aromatic carbocycles. The summed E-state index contributed by atoms with van der Waals surface area (Å²) in [4.78, 5) is 61.2. The van der Waals surface area contributed by atoms with Crippen LogP contribution in [0.25, 0.3) is 10.9 Å². The average molecular weight is 994 g/mol. The zero-order chi connectivity index (χ0) is 51.8. The molecule has 3 amide bonds. The van der Waals surface area contributed by atoms with Gasteiger partial charge in [-0.1, -0.05) is 93.6 Å². The van der Waals surface area contributed by atoms with E-state index in [1.807, 2.05) is 87.2 Å². The third kappa shape index (κ3) is 12.1. The second-order valence-electron chi connectivity index (χ2n) is 20.7. The van der Waals surface area contributed by atoms with E-state index in [0.717, 1.165) is 61.4 Å². The molecular weight excluding hydrogens is 923 g/mol. The monoisotopic (exact) mass is 994 g/mol. The fourth-order valence-electron chi connectivity index (χ4n) is 9.46. The summed E-state index contributed by atoms with van der Waals surface area (Å²) in [6.07, 6.45) is 4.08. The highest BCUT2D eigenvalue weighted by Gasteiger charge is 2.50. The maximum Gasteiger partial charge on any atom is 0.419 e. The van der Waals surface area contributed by atoms with Crippen molar-refractivity contribution in [3.8, 4) is 11.5 Å². The van der Waals surface area contributed by atoms with Gasteiger partial charge in [0.25, 0.3) is 20.1 Å². The largest absolute Gasteiger partial charge is 0.495 e. The van der Waals surface area contributed by atoms with Crippen LogP contribution in [0.5, 0.6) is 11.5 Å². The number of unbranched alkanes of at least 4 members (excludes halogenated alkanes) is 2. The Balaban J connectivity index is 1.11. The number of hydrogen-bond donors (Lipinski definition) is 1. The van der Waals surface area contributed by atoms with Crippen molar-refractivity contribution in [1.29, 1.82) is 0 Å². The molecule has 1 saturated heterocycles. The van der Waals surface area contributed by atoms with Crippen LogP contribution in [0, 0.1) is 6.92 Å². The van der Waals surface area contributed by atoms with Crippen LogP contribution in [-0.4, -0.2) is 106 Å². The van der Waals surface area contributed by atoms with E-state index in [2.05, 4.69) is 62.3 Å². The summed E-state index contributed by atoms with van der Waals surface area (Å²) in [5.74, 6) is 0.321. The molecule has 0 spiro atoms. The van der Waals surface area contributed by atoms with Crippen molar-refractivity contribution in [3.63, 3.8) is 0 Å². The van der Waals surface area contributed by atoms with Gasteiger partial charge < -0.3 is 38.7 Å². The Morgan fingerprint density at radius 2 is 1.42 bits per heavy atom. The number of carbonyl (C=O) groups excluding carboxylic acids is 4. The van der Waals surface area contributed by atoms with Gasteiger partial charge in [0.2, 0.25) is 5.91 Å². The van der Waals surface area contributed by atoms with Crippen LogP contribution >= 0.6 is 0 Å². The first-order valence-corrected chi connectivity index (χ1v) is 26.8. The van der Waals surface area contributed by atoms with Crippen molar-refractivity contribution in [2.75, 3.05) is 64.2 Å². The molecule has 0 unspecified atom stereocenters. The quantitative estimate of drug-likeness (QED) is 0.0701. The van der Waals surface area contributed by atoms with Gasteiger partial charge in [0, 0.05) is 67.9 Å². The number of benzene rings is 5. The predicted octanol–water partition coefficient (Wildman–Crippen LogP) is 10.1. The SMILES string of the molecule is COc1cc(C(=O)N(C)c2ccc(C)cc2OCCCCCC(=O)N2CCN(C)CC2)ccc1NC(=O)c1cccc2c1c(CO[Si](c1ccccc1)(c1ccccc1)C(C)(C)C)cn2C(=O)OC(C)(C)C. The minimum Gasteiger partial charge on any atom is -0.495 e. The Labute approximate surface area is 426 Å². The molecule has 0 aliphatic carbocycles. The fraction of sp³-hybridized carbons (Fsp3) is 0.379. The number of methoxy groups -OCH3 is 1. The Hall–Kier alpha value is -6.74. The molecule has 0 radical (unpaired) electrons. The number of nitrogens with one attached hydrogen (secondary N) is 1. The van der Waals surface area contributed by atoms with E-state index in [-0.39, 0.29) is 29.2 Å². The number of hydrogen-bond acceptors (Lipinski definition) is 9. The maximum atomic E-state index is 14.7. The summed E-state index contributed by atoms with van der Waals surface area (Å²) < 4.78 is 26.8. The van der Waals surface area contributed by atoms with Gasteiger partial charge in [-0.3, -0.25) is 19.0 Å². The zero-order valence-corrected chi connectivity index (χ0v) is 44.7. The standard InChI is InChI=1S/C58H71N5O8Si/c1-41-28-31-48(51(37-41)69-36-19-13-18-27-52(64)62-34-32-60(8)33-35-62)61(9)55(66)42-29-30-47(50(38-42)68-10)59-54(65)46-25-20-26-49-53(46)43(39-63(49)56(67)71-57(2,3)4)40-70-72(58(5,6)7,44-21-14-11-15-22-44)45-23-16-12-17-24-45/h11-12,14-17,20-26,28-31,37-39H,13,18-19,27,32-36,40H2,1-10H3,(H,59,65). The molecule has 7 rings (SSSR count). The van der Waals surface area contributed by atoms with E-state index < -0.39 is 25.9 Å². The Morgan fingerprint density at radius 3 is 2.04 bits per heavy atom. The molecule has 2 heterocycles. The highest BCUT2D eigenvalue weighted by Crippen LogP contribution is 2.39. The zero-order valence-electron chi connectivity index (χ0n) is 43.7. The Morgan fingerprint density at radius 1 is 0.750 bits per heavy atom. The molecule has 72 heavy (non-hydrogen) atoms. The average Bonchev–Trinajstić information content (AvgIpc) is 3.74. The van der Waals surface area contributed by atoms with Crippen molar-refractivity contribution in [2.45, 2.75) is 91.4 Å². The number of anilines is 2. The topological polar surface area (TPSA) is 132 Å². The maximum absolute atomic E-state index is 14.7. The van der Waals surface area contributed by atoms with E-state index in [1.54, 1.807) is 54.5 Å². The number of piperazine rings is 1. The van der Waals surface area contributed by atoms with Gasteiger partial charge in [-0.15, -0.1) is 0 Å². The first-order valence-electron chi connectivity index (χ1n) is 24.9. The summed E-state index contributed by atoms with van der Waals surface area (Å²) in [5.41, 5.74) is 2.93. The first-order chi connectivity index (χ1) is 34.3. The molecule has 13 nitrogen and oxygen atoms in total. The predicted molar refractivity (Wildman–Crippen MR) is 289 cm³/mol. The number of ether oxygens (including phenoxy) is 3. The number of fused-ring (bicyclic) bond motifs is 1. The van der Waals surface area contributed by atoms with Gasteiger partial charge in [0.1, 0.15) is 17.1 Å². The van der Waals surface area contributed by atoms with Crippen LogP contribution in [0.2, 0.25) is 5.04 Å². The molecule has 0 bridgehead atoms. The number of carbonyl (C=O) groups is 4. The summed E-state index contributed by atoms with van der Waals surface area (Å²) in [6, 6.07) is 36.5. The normalized spacial score (nSPS) is 13.4. The Kier molecular flexibility index (Phi) is 16.8. The van der Waals surface area contributed by atoms with Crippen LogP contribution in [0.3, 0.4) is 0 Å². The second-order valence-corrected chi connectivity index (χ2v) is 25.0. The molecule has 1 fully saturated rings. The van der Waals surface area contributed by atoms with Crippen LogP contribution in [0.4, 0.5) is 16.2 Å². The van der Waals surface area contributed by atoms with Gasteiger partial charge in [-0.25, -0.2) is 4.79 Å². The highest BCUT2D eigenvalue weighted by atomic mass is 28.4. The lowest BCUT2D eigenvalue weighted by atomic mass is 10.1. The number of nitrogens with zero attached hydrogens (tertiary/aromatic N) is 4. The lowest BCUT2D eigenvalue weighted by Gasteiger charge is -2.43. The van der Waals surface area contributed by atoms with Crippen LogP contribution < -0.4 is 30.1 Å². The Bertz CT molecular complexity index is 2820. The van der Waals surface area contributed by atoms with Gasteiger partial charge in [-0.2, -0.15) is 0 Å². The summed E-state index contributed by atoms with van der Waals surface area (Å²) in [5, 5.41) is 5.44. The van der Waals surface area contributed by atoms with Crippen molar-refractivity contribution in [2.24, 2.45) is 0 Å². The number of aryl methyl sites for hydroxylation is 1. The summed E-state index contributed by atoms with van der Waals surface area (Å²) >= 11 is 0. The van der Waals surface area contributed by atoms with E-state index in [9.17, 15) is 19.2 Å². The second kappa shape index (κ2) is 22.8. The van der Waals surface area contributed by atoms with Crippen LogP contribution in [0.15, 0.2) is 121 Å². The minimum absolute atomic E-state index is 0.0881. The van der Waals surface area contributed by atoms with Crippen LogP contribution in [-0.2, 0) is 20.6 Å². The van der Waals surface area contributed by atoms with Gasteiger partial charge in [0.05, 0.1) is 37.2 Å². The van der Waals surface area contributed by atoms with Gasteiger partial charge >= 0.3 is 6.09 Å². The summed E-state index contributed by atoms with van der Waals surface area (Å²) in [7, 11) is 2.21. The van der Waals surface area contributed by atoms with E-state index in [0.29, 0.717) is 57.7 Å². The molecule has 1 aliphatic heterocycles. The smallest absolute Gasteiger partial charge is 0.419 e. The van der Waals surface area contributed by atoms with Gasteiger partial charge in [0.15, 0.2) is 0 Å². The molecule has 14 heteroatoms. The van der Waals surface area contributed by atoms with E-state index >= 15 is 0 Å². The minimum atomic E-state index is -3.06. The molecule has 380 valence electrons. The van der Waals surface area contributed by atoms with Gasteiger partial charge in [-0.05, 0) is 117 Å². The van der Waals surface area contributed by atoms with Crippen molar-refractivity contribution >= 4 is 64.8 Å². The third-order valence-corrected chi connectivity index (χ3v) is 18.2. The first kappa shape index (κ1) is 53.1.